The van der Waals surface area contributed by atoms with Crippen molar-refractivity contribution in [3.05, 3.63) is 0 Å². The van der Waals surface area contributed by atoms with Crippen molar-refractivity contribution in [3.8, 4) is 0 Å². The number of hydrogen-bond donors (Lipinski definition) is 2. The van der Waals surface area contributed by atoms with Crippen molar-refractivity contribution in [1.29, 1.82) is 0 Å². The van der Waals surface area contributed by atoms with Gasteiger partial charge in [0.25, 0.3) is 0 Å². The lowest BCUT2D eigenvalue weighted by Gasteiger charge is -2.21. The largest absolute Gasteiger partial charge is 0.392 e. The molecule has 12 heavy (non-hydrogen) atoms. The van der Waals surface area contributed by atoms with Crippen LogP contribution in [0.1, 0.15) is 19.8 Å². The van der Waals surface area contributed by atoms with Crippen molar-refractivity contribution >= 4 is 11.8 Å². The second kappa shape index (κ2) is 5.84. The minimum absolute atomic E-state index is 0.206. The van der Waals surface area contributed by atoms with Crippen molar-refractivity contribution in [2.75, 3.05) is 24.6 Å². The van der Waals surface area contributed by atoms with E-state index in [1.165, 1.54) is 24.3 Å². The number of rotatable bonds is 4. The first-order chi connectivity index (χ1) is 5.79. The summed E-state index contributed by atoms with van der Waals surface area (Å²) in [7, 11) is 0. The molecule has 2 nitrogen and oxygen atoms in total. The molecule has 1 saturated heterocycles. The second-order valence-corrected chi connectivity index (χ2v) is 4.79. The summed E-state index contributed by atoms with van der Waals surface area (Å²) < 4.78 is 0. The smallest absolute Gasteiger partial charge is 0.0636 e. The van der Waals surface area contributed by atoms with Crippen molar-refractivity contribution in [2.24, 2.45) is 5.92 Å². The van der Waals surface area contributed by atoms with Crippen LogP contribution in [-0.2, 0) is 0 Å². The Kier molecular flexibility index (Phi) is 5.04. The molecule has 0 bridgehead atoms. The van der Waals surface area contributed by atoms with Crippen LogP contribution in [-0.4, -0.2) is 35.8 Å². The number of hydrogen-bond acceptors (Lipinski definition) is 3. The molecule has 0 spiro atoms. The lowest BCUT2D eigenvalue weighted by molar-refractivity contribution is 0.188. The molecule has 1 atom stereocenters. The van der Waals surface area contributed by atoms with Gasteiger partial charge < -0.3 is 10.4 Å². The van der Waals surface area contributed by atoms with Crippen molar-refractivity contribution in [2.45, 2.75) is 25.9 Å². The Morgan fingerprint density at radius 2 is 2.17 bits per heavy atom. The van der Waals surface area contributed by atoms with Gasteiger partial charge in [-0.25, -0.2) is 0 Å². The van der Waals surface area contributed by atoms with E-state index in [-0.39, 0.29) is 6.10 Å². The number of aliphatic hydroxyl groups excluding tert-OH is 1. The van der Waals surface area contributed by atoms with E-state index in [1.54, 1.807) is 0 Å². The summed E-state index contributed by atoms with van der Waals surface area (Å²) in [5, 5.41) is 12.3. The van der Waals surface area contributed by atoms with Crippen molar-refractivity contribution < 1.29 is 5.11 Å². The van der Waals surface area contributed by atoms with Crippen LogP contribution in [0.25, 0.3) is 0 Å². The lowest BCUT2D eigenvalue weighted by Crippen LogP contribution is -2.30. The topological polar surface area (TPSA) is 32.3 Å². The van der Waals surface area contributed by atoms with Crippen LogP contribution in [0, 0.1) is 5.92 Å². The minimum atomic E-state index is -0.206. The maximum absolute atomic E-state index is 9.02. The standard InChI is InChI=1S/C9H19NOS/c1-8(11)6-10-7-9-2-4-12-5-3-9/h8-11H,2-7H2,1H3/t8-/m0/s1. The quantitative estimate of drug-likeness (QED) is 0.694. The number of nitrogens with one attached hydrogen (secondary N) is 1. The van der Waals surface area contributed by atoms with Crippen LogP contribution in [0.4, 0.5) is 0 Å². The van der Waals surface area contributed by atoms with Gasteiger partial charge in [0.1, 0.15) is 0 Å². The first kappa shape index (κ1) is 10.4. The molecule has 0 radical (unpaired) electrons. The third-order valence-corrected chi connectivity index (χ3v) is 3.26. The molecule has 1 rings (SSSR count). The van der Waals surface area contributed by atoms with Crippen LogP contribution in [0.5, 0.6) is 0 Å². The monoisotopic (exact) mass is 189 g/mol. The van der Waals surface area contributed by atoms with Gasteiger partial charge >= 0.3 is 0 Å². The fourth-order valence-electron chi connectivity index (χ4n) is 1.45. The summed E-state index contributed by atoms with van der Waals surface area (Å²) in [6.45, 7) is 3.65. The molecule has 3 heteroatoms. The number of aliphatic hydroxyl groups is 1. The Balaban J connectivity index is 1.98. The average molecular weight is 189 g/mol. The highest BCUT2D eigenvalue weighted by molar-refractivity contribution is 7.99. The maximum Gasteiger partial charge on any atom is 0.0636 e. The Bertz CT molecular complexity index is 113. The van der Waals surface area contributed by atoms with Gasteiger partial charge in [-0.3, -0.25) is 0 Å². The predicted molar refractivity (Wildman–Crippen MR) is 54.6 cm³/mol. The van der Waals surface area contributed by atoms with Crippen LogP contribution in [0.3, 0.4) is 0 Å². The minimum Gasteiger partial charge on any atom is -0.392 e. The van der Waals surface area contributed by atoms with E-state index < -0.39 is 0 Å². The van der Waals surface area contributed by atoms with E-state index in [4.69, 9.17) is 5.11 Å². The van der Waals surface area contributed by atoms with E-state index in [0.29, 0.717) is 0 Å². The van der Waals surface area contributed by atoms with E-state index in [9.17, 15) is 0 Å². The van der Waals surface area contributed by atoms with Gasteiger partial charge in [0.2, 0.25) is 0 Å². The summed E-state index contributed by atoms with van der Waals surface area (Å²) in [4.78, 5) is 0. The lowest BCUT2D eigenvalue weighted by atomic mass is 10.0. The summed E-state index contributed by atoms with van der Waals surface area (Å²) >= 11 is 2.06. The van der Waals surface area contributed by atoms with Crippen molar-refractivity contribution in [1.82, 2.24) is 5.32 Å². The highest BCUT2D eigenvalue weighted by Crippen LogP contribution is 2.21. The Labute approximate surface area is 79.1 Å². The van der Waals surface area contributed by atoms with Crippen LogP contribution in [0.15, 0.2) is 0 Å². The molecule has 0 unspecified atom stereocenters. The van der Waals surface area contributed by atoms with Crippen LogP contribution < -0.4 is 5.32 Å². The highest BCUT2D eigenvalue weighted by Gasteiger charge is 2.12. The third kappa shape index (κ3) is 4.33. The normalized spacial score (nSPS) is 22.5. The van der Waals surface area contributed by atoms with Gasteiger partial charge in [-0.05, 0) is 43.7 Å². The van der Waals surface area contributed by atoms with Gasteiger partial charge in [-0.15, -0.1) is 0 Å². The maximum atomic E-state index is 9.02. The molecule has 1 fully saturated rings. The molecule has 0 aromatic carbocycles. The van der Waals surface area contributed by atoms with Gasteiger partial charge in [0.05, 0.1) is 6.10 Å². The van der Waals surface area contributed by atoms with E-state index in [1.807, 2.05) is 6.92 Å². The third-order valence-electron chi connectivity index (χ3n) is 2.21. The van der Waals surface area contributed by atoms with Crippen LogP contribution in [0.2, 0.25) is 0 Å². The molecule has 0 aromatic heterocycles. The van der Waals surface area contributed by atoms with Crippen LogP contribution >= 0.6 is 11.8 Å². The molecule has 0 aliphatic carbocycles. The Morgan fingerprint density at radius 1 is 1.50 bits per heavy atom. The fraction of sp³-hybridized carbons (Fsp3) is 1.00. The number of thioether (sulfide) groups is 1. The van der Waals surface area contributed by atoms with Gasteiger partial charge in [0, 0.05) is 6.54 Å². The predicted octanol–water partition coefficient (Wildman–Crippen LogP) is 1.10. The Morgan fingerprint density at radius 3 is 2.75 bits per heavy atom. The summed E-state index contributed by atoms with van der Waals surface area (Å²) in [6, 6.07) is 0. The molecule has 1 aliphatic heterocycles. The highest BCUT2D eigenvalue weighted by atomic mass is 32.2. The molecule has 0 saturated carbocycles. The zero-order chi connectivity index (χ0) is 8.81. The first-order valence-electron chi connectivity index (χ1n) is 4.75. The summed E-state index contributed by atoms with van der Waals surface area (Å²) in [6.07, 6.45) is 2.48. The molecule has 2 N–H and O–H groups in total. The van der Waals surface area contributed by atoms with E-state index in [0.717, 1.165) is 19.0 Å². The molecule has 0 aromatic rings. The summed E-state index contributed by atoms with van der Waals surface area (Å²) in [5.41, 5.74) is 0. The van der Waals surface area contributed by atoms with E-state index >= 15 is 0 Å². The van der Waals surface area contributed by atoms with Gasteiger partial charge in [-0.1, -0.05) is 0 Å². The molecule has 1 heterocycles. The van der Waals surface area contributed by atoms with E-state index in [2.05, 4.69) is 17.1 Å². The first-order valence-corrected chi connectivity index (χ1v) is 5.91. The SMILES string of the molecule is C[C@H](O)CNCC1CCSCC1. The fourth-order valence-corrected chi connectivity index (χ4v) is 2.65. The molecule has 0 amide bonds. The molecule has 72 valence electrons. The summed E-state index contributed by atoms with van der Waals surface area (Å²) in [5.74, 6) is 3.49. The van der Waals surface area contributed by atoms with Gasteiger partial charge in [0.15, 0.2) is 0 Å². The second-order valence-electron chi connectivity index (χ2n) is 3.56. The molecule has 1 aliphatic rings. The van der Waals surface area contributed by atoms with Gasteiger partial charge in [-0.2, -0.15) is 11.8 Å². The average Bonchev–Trinajstić information content (AvgIpc) is 2.05. The zero-order valence-corrected chi connectivity index (χ0v) is 8.57. The zero-order valence-electron chi connectivity index (χ0n) is 7.75. The molecular formula is C9H19NOS. The Hall–Kier alpha value is 0.270. The molecular weight excluding hydrogens is 170 g/mol. The van der Waals surface area contributed by atoms with Crippen molar-refractivity contribution in [3.63, 3.8) is 0 Å².